The molecule has 1 fully saturated rings. The van der Waals surface area contributed by atoms with Gasteiger partial charge in [-0.3, -0.25) is 9.69 Å². The van der Waals surface area contributed by atoms with E-state index in [1.54, 1.807) is 18.2 Å². The zero-order valence-corrected chi connectivity index (χ0v) is 16.4. The summed E-state index contributed by atoms with van der Waals surface area (Å²) >= 11 is 6.50. The quantitative estimate of drug-likeness (QED) is 0.547. The average molecular weight is 405 g/mol. The third kappa shape index (κ3) is 3.77. The summed E-state index contributed by atoms with van der Waals surface area (Å²) < 4.78 is 29.5. The summed E-state index contributed by atoms with van der Waals surface area (Å²) in [6.07, 6.45) is 1.68. The molecular formula is C19H16FNO4S2. The minimum atomic E-state index is -0.380. The molecule has 0 N–H and O–H groups in total. The van der Waals surface area contributed by atoms with Crippen LogP contribution in [0.15, 0.2) is 41.3 Å². The number of carbonyl (C=O) groups excluding carboxylic acids is 1. The normalized spacial score (nSPS) is 15.4. The van der Waals surface area contributed by atoms with Gasteiger partial charge in [0.1, 0.15) is 11.6 Å². The number of anilines is 1. The van der Waals surface area contributed by atoms with E-state index in [-0.39, 0.29) is 11.7 Å². The Balaban J connectivity index is 1.99. The molecule has 0 aliphatic carbocycles. The minimum absolute atomic E-state index is 0.284. The number of carbonyl (C=O) groups is 1. The molecule has 3 rings (SSSR count). The lowest BCUT2D eigenvalue weighted by Gasteiger charge is -2.14. The number of nitrogens with zero attached hydrogens (tertiary/aromatic N) is 1. The van der Waals surface area contributed by atoms with E-state index in [0.717, 1.165) is 0 Å². The number of methoxy groups -OCH3 is 3. The molecule has 1 amide bonds. The van der Waals surface area contributed by atoms with Crippen LogP contribution >= 0.6 is 24.0 Å². The summed E-state index contributed by atoms with van der Waals surface area (Å²) in [6.45, 7) is 0. The summed E-state index contributed by atoms with van der Waals surface area (Å²) in [7, 11) is 4.59. The van der Waals surface area contributed by atoms with Crippen molar-refractivity contribution in [2.45, 2.75) is 0 Å². The molecule has 8 heteroatoms. The molecule has 0 spiro atoms. The van der Waals surface area contributed by atoms with Gasteiger partial charge in [-0.05, 0) is 36.4 Å². The minimum Gasteiger partial charge on any atom is -0.496 e. The van der Waals surface area contributed by atoms with E-state index in [4.69, 9.17) is 26.4 Å². The second-order valence-corrected chi connectivity index (χ2v) is 7.12. The maximum atomic E-state index is 13.2. The molecule has 0 bridgehead atoms. The first-order valence-corrected chi connectivity index (χ1v) is 9.04. The van der Waals surface area contributed by atoms with Gasteiger partial charge in [0, 0.05) is 11.6 Å². The molecular weight excluding hydrogens is 389 g/mol. The van der Waals surface area contributed by atoms with E-state index < -0.39 is 0 Å². The monoisotopic (exact) mass is 405 g/mol. The first-order valence-electron chi connectivity index (χ1n) is 7.82. The Morgan fingerprint density at radius 3 is 2.19 bits per heavy atom. The van der Waals surface area contributed by atoms with Crippen LogP contribution in [0.1, 0.15) is 5.56 Å². The fraction of sp³-hybridized carbons (Fsp3) is 0.158. The lowest BCUT2D eigenvalue weighted by atomic mass is 10.1. The third-order valence-electron chi connectivity index (χ3n) is 3.90. The van der Waals surface area contributed by atoms with Crippen LogP contribution in [0.4, 0.5) is 10.1 Å². The van der Waals surface area contributed by atoms with Crippen molar-refractivity contribution in [3.8, 4) is 17.2 Å². The smallest absolute Gasteiger partial charge is 0.270 e. The highest BCUT2D eigenvalue weighted by atomic mass is 32.2. The first kappa shape index (κ1) is 19.2. The molecule has 1 saturated heterocycles. The summed E-state index contributed by atoms with van der Waals surface area (Å²) in [4.78, 5) is 14.6. The van der Waals surface area contributed by atoms with Crippen molar-refractivity contribution in [3.63, 3.8) is 0 Å². The number of hydrogen-bond acceptors (Lipinski definition) is 6. The molecule has 27 heavy (non-hydrogen) atoms. The molecule has 0 unspecified atom stereocenters. The fourth-order valence-electron chi connectivity index (χ4n) is 2.59. The Kier molecular flexibility index (Phi) is 5.67. The molecule has 0 saturated carbocycles. The van der Waals surface area contributed by atoms with Gasteiger partial charge in [0.25, 0.3) is 5.91 Å². The van der Waals surface area contributed by atoms with Crippen molar-refractivity contribution in [1.29, 1.82) is 0 Å². The third-order valence-corrected chi connectivity index (χ3v) is 5.20. The van der Waals surface area contributed by atoms with Gasteiger partial charge in [0.15, 0.2) is 15.8 Å². The second-order valence-electron chi connectivity index (χ2n) is 5.44. The van der Waals surface area contributed by atoms with Crippen molar-refractivity contribution < 1.29 is 23.4 Å². The molecule has 0 atom stereocenters. The Hall–Kier alpha value is -2.58. The number of thiocarbonyl (C=S) groups is 1. The van der Waals surface area contributed by atoms with Crippen LogP contribution in [0.25, 0.3) is 6.08 Å². The van der Waals surface area contributed by atoms with Gasteiger partial charge in [-0.2, -0.15) is 0 Å². The number of amides is 1. The molecule has 2 aromatic rings. The van der Waals surface area contributed by atoms with Crippen molar-refractivity contribution in [2.24, 2.45) is 0 Å². The van der Waals surface area contributed by atoms with Crippen molar-refractivity contribution in [2.75, 3.05) is 26.2 Å². The SMILES string of the molecule is COc1cc(OC)c(OC)cc1/C=C1\SC(=S)N(c2ccc(F)cc2)C1=O. The zero-order valence-electron chi connectivity index (χ0n) is 14.8. The van der Waals surface area contributed by atoms with E-state index in [1.807, 2.05) is 0 Å². The zero-order chi connectivity index (χ0) is 19.6. The highest BCUT2D eigenvalue weighted by molar-refractivity contribution is 8.27. The van der Waals surface area contributed by atoms with Crippen LogP contribution < -0.4 is 19.1 Å². The number of rotatable bonds is 5. The molecule has 2 aromatic carbocycles. The fourth-order valence-corrected chi connectivity index (χ4v) is 3.88. The second kappa shape index (κ2) is 7.98. The van der Waals surface area contributed by atoms with Crippen molar-refractivity contribution in [1.82, 2.24) is 0 Å². The standard InChI is InChI=1S/C19H16FNO4S2/c1-23-14-10-16(25-3)15(24-2)8-11(14)9-17-18(22)21(19(26)27-17)13-6-4-12(20)5-7-13/h4-10H,1-3H3/b17-9-. The highest BCUT2D eigenvalue weighted by Crippen LogP contribution is 2.40. The van der Waals surface area contributed by atoms with Gasteiger partial charge in [-0.15, -0.1) is 0 Å². The summed E-state index contributed by atoms with van der Waals surface area (Å²) in [5.41, 5.74) is 1.16. The van der Waals surface area contributed by atoms with Crippen LogP contribution in [-0.4, -0.2) is 31.6 Å². The van der Waals surface area contributed by atoms with Crippen molar-refractivity contribution in [3.05, 3.63) is 52.7 Å². The molecule has 1 heterocycles. The maximum Gasteiger partial charge on any atom is 0.270 e. The maximum absolute atomic E-state index is 13.2. The van der Waals surface area contributed by atoms with E-state index >= 15 is 0 Å². The Labute approximate surface area is 165 Å². The number of hydrogen-bond donors (Lipinski definition) is 0. The van der Waals surface area contributed by atoms with Gasteiger partial charge >= 0.3 is 0 Å². The lowest BCUT2D eigenvalue weighted by molar-refractivity contribution is -0.113. The predicted octanol–water partition coefficient (Wildman–Crippen LogP) is 4.26. The number of ether oxygens (including phenoxy) is 3. The van der Waals surface area contributed by atoms with Gasteiger partial charge in [0.2, 0.25) is 0 Å². The number of benzene rings is 2. The Morgan fingerprint density at radius 2 is 1.59 bits per heavy atom. The van der Waals surface area contributed by atoms with Gasteiger partial charge < -0.3 is 14.2 Å². The molecule has 0 radical (unpaired) electrons. The first-order chi connectivity index (χ1) is 13.0. The van der Waals surface area contributed by atoms with Crippen molar-refractivity contribution >= 4 is 46.0 Å². The van der Waals surface area contributed by atoms with Crippen LogP contribution in [-0.2, 0) is 4.79 Å². The van der Waals surface area contributed by atoms with Gasteiger partial charge in [-0.1, -0.05) is 24.0 Å². The number of halogens is 1. The van der Waals surface area contributed by atoms with E-state index in [2.05, 4.69) is 0 Å². The Bertz CT molecular complexity index is 928. The molecule has 5 nitrogen and oxygen atoms in total. The molecule has 1 aliphatic heterocycles. The summed E-state index contributed by atoms with van der Waals surface area (Å²) in [6, 6.07) is 9.01. The highest BCUT2D eigenvalue weighted by Gasteiger charge is 2.33. The van der Waals surface area contributed by atoms with Crippen LogP contribution in [0, 0.1) is 5.82 Å². The Morgan fingerprint density at radius 1 is 1.00 bits per heavy atom. The topological polar surface area (TPSA) is 48.0 Å². The lowest BCUT2D eigenvalue weighted by Crippen LogP contribution is -2.27. The van der Waals surface area contributed by atoms with E-state index in [9.17, 15) is 9.18 Å². The van der Waals surface area contributed by atoms with Crippen LogP contribution in [0.5, 0.6) is 17.2 Å². The van der Waals surface area contributed by atoms with E-state index in [0.29, 0.717) is 37.7 Å². The average Bonchev–Trinajstić information content (AvgIpc) is 2.95. The summed E-state index contributed by atoms with van der Waals surface area (Å²) in [5.74, 6) is 0.895. The molecule has 1 aliphatic rings. The van der Waals surface area contributed by atoms with Gasteiger partial charge in [-0.25, -0.2) is 4.39 Å². The van der Waals surface area contributed by atoms with Gasteiger partial charge in [0.05, 0.1) is 31.9 Å². The largest absolute Gasteiger partial charge is 0.496 e. The molecule has 0 aromatic heterocycles. The number of thioether (sulfide) groups is 1. The predicted molar refractivity (Wildman–Crippen MR) is 108 cm³/mol. The molecule has 140 valence electrons. The van der Waals surface area contributed by atoms with Crippen LogP contribution in [0.2, 0.25) is 0 Å². The van der Waals surface area contributed by atoms with Crippen LogP contribution in [0.3, 0.4) is 0 Å². The summed E-state index contributed by atoms with van der Waals surface area (Å²) in [5, 5.41) is 0. The van der Waals surface area contributed by atoms with E-state index in [1.165, 1.54) is 62.3 Å².